The molecule has 3 heterocycles. The molecule has 152 valence electrons. The Balaban J connectivity index is 1.75. The first-order chi connectivity index (χ1) is 13.9. The number of aromatic nitrogens is 4. The van der Waals surface area contributed by atoms with E-state index in [-0.39, 0.29) is 11.7 Å². The van der Waals surface area contributed by atoms with Gasteiger partial charge in [0.1, 0.15) is 5.82 Å². The van der Waals surface area contributed by atoms with Gasteiger partial charge in [0.05, 0.1) is 6.20 Å². The Hall–Kier alpha value is -3.16. The molecule has 1 aliphatic rings. The number of halogens is 1. The maximum atomic E-state index is 15.0. The predicted molar refractivity (Wildman–Crippen MR) is 109 cm³/mol. The number of anilines is 2. The van der Waals surface area contributed by atoms with Crippen LogP contribution in [0.1, 0.15) is 30.7 Å². The molecule has 8 heteroatoms. The predicted octanol–water partition coefficient (Wildman–Crippen LogP) is 2.85. The van der Waals surface area contributed by atoms with Crippen molar-refractivity contribution in [3.63, 3.8) is 0 Å². The van der Waals surface area contributed by atoms with E-state index >= 15 is 0 Å². The van der Waals surface area contributed by atoms with Crippen LogP contribution in [-0.4, -0.2) is 32.0 Å². The van der Waals surface area contributed by atoms with Gasteiger partial charge in [-0.2, -0.15) is 10.2 Å². The van der Waals surface area contributed by atoms with Crippen molar-refractivity contribution in [3.8, 4) is 11.1 Å². The molecular weight excluding hydrogens is 371 g/mol. The first-order valence-electron chi connectivity index (χ1n) is 9.77. The summed E-state index contributed by atoms with van der Waals surface area (Å²) in [7, 11) is 3.72. The Morgan fingerprint density at radius 3 is 2.76 bits per heavy atom. The highest BCUT2D eigenvalue weighted by Crippen LogP contribution is 2.39. The van der Waals surface area contributed by atoms with Gasteiger partial charge in [0.15, 0.2) is 5.82 Å². The quantitative estimate of drug-likeness (QED) is 0.720. The van der Waals surface area contributed by atoms with Gasteiger partial charge in [-0.3, -0.25) is 14.2 Å². The number of benzene rings is 1. The summed E-state index contributed by atoms with van der Waals surface area (Å²) in [4.78, 5) is 13.5. The first-order valence-corrected chi connectivity index (χ1v) is 9.77. The highest BCUT2D eigenvalue weighted by Gasteiger charge is 2.28. The van der Waals surface area contributed by atoms with Gasteiger partial charge >= 0.3 is 0 Å². The molecule has 7 nitrogen and oxygen atoms in total. The summed E-state index contributed by atoms with van der Waals surface area (Å²) in [6.07, 6.45) is 5.10. The summed E-state index contributed by atoms with van der Waals surface area (Å²) in [5, 5.41) is 11.7. The van der Waals surface area contributed by atoms with Crippen LogP contribution in [0.2, 0.25) is 0 Å². The number of aryl methyl sites for hydroxylation is 2. The number of hydrogen-bond acceptors (Lipinski definition) is 4. The molecule has 0 saturated heterocycles. The second-order valence-electron chi connectivity index (χ2n) is 7.40. The SMILES string of the molecule is CCc1c(CNC(C)=O)c(N2CCc3cc(-c4cnn(C)c4)c(F)cc32)nn1C. The largest absolute Gasteiger partial charge is 0.352 e. The van der Waals surface area contributed by atoms with E-state index in [1.165, 1.54) is 6.92 Å². The molecule has 0 unspecified atom stereocenters. The highest BCUT2D eigenvalue weighted by atomic mass is 19.1. The molecule has 0 saturated carbocycles. The van der Waals surface area contributed by atoms with Crippen LogP contribution in [-0.2, 0) is 38.3 Å². The average Bonchev–Trinajstić information content (AvgIpc) is 3.35. The second kappa shape index (κ2) is 7.35. The summed E-state index contributed by atoms with van der Waals surface area (Å²) >= 11 is 0. The molecule has 1 amide bonds. The molecule has 1 N–H and O–H groups in total. The molecule has 0 bridgehead atoms. The van der Waals surface area contributed by atoms with Crippen LogP contribution in [0.25, 0.3) is 11.1 Å². The van der Waals surface area contributed by atoms with Crippen molar-refractivity contribution in [2.24, 2.45) is 14.1 Å². The maximum absolute atomic E-state index is 15.0. The molecule has 4 rings (SSSR count). The summed E-state index contributed by atoms with van der Waals surface area (Å²) in [5.74, 6) is 0.417. The minimum atomic E-state index is -0.279. The van der Waals surface area contributed by atoms with Gasteiger partial charge in [-0.1, -0.05) is 6.92 Å². The lowest BCUT2D eigenvalue weighted by molar-refractivity contribution is -0.119. The van der Waals surface area contributed by atoms with Gasteiger partial charge in [0.25, 0.3) is 0 Å². The lowest BCUT2D eigenvalue weighted by atomic mass is 10.0. The molecule has 0 atom stereocenters. The molecule has 2 aromatic heterocycles. The van der Waals surface area contributed by atoms with Gasteiger partial charge in [-0.05, 0) is 30.5 Å². The third-order valence-electron chi connectivity index (χ3n) is 5.44. The van der Waals surface area contributed by atoms with E-state index < -0.39 is 0 Å². The zero-order valence-electron chi connectivity index (χ0n) is 17.2. The van der Waals surface area contributed by atoms with Crippen LogP contribution in [0, 0.1) is 5.82 Å². The molecule has 0 fully saturated rings. The molecule has 0 spiro atoms. The smallest absolute Gasteiger partial charge is 0.217 e. The van der Waals surface area contributed by atoms with Crippen LogP contribution in [0.15, 0.2) is 24.5 Å². The highest BCUT2D eigenvalue weighted by molar-refractivity contribution is 5.76. The van der Waals surface area contributed by atoms with Crippen molar-refractivity contribution >= 4 is 17.4 Å². The molecular formula is C21H25FN6O. The second-order valence-corrected chi connectivity index (χ2v) is 7.40. The summed E-state index contributed by atoms with van der Waals surface area (Å²) < 4.78 is 18.5. The molecule has 29 heavy (non-hydrogen) atoms. The van der Waals surface area contributed by atoms with E-state index in [1.807, 2.05) is 31.0 Å². The minimum absolute atomic E-state index is 0.0872. The molecule has 1 aliphatic heterocycles. The topological polar surface area (TPSA) is 68.0 Å². The number of nitrogens with one attached hydrogen (secondary N) is 1. The van der Waals surface area contributed by atoms with E-state index in [9.17, 15) is 9.18 Å². The number of rotatable bonds is 5. The van der Waals surface area contributed by atoms with Gasteiger partial charge in [-0.25, -0.2) is 4.39 Å². The van der Waals surface area contributed by atoms with Crippen molar-refractivity contribution in [1.29, 1.82) is 0 Å². The van der Waals surface area contributed by atoms with E-state index in [4.69, 9.17) is 5.10 Å². The first kappa shape index (κ1) is 19.2. The van der Waals surface area contributed by atoms with Crippen molar-refractivity contribution in [3.05, 3.63) is 47.2 Å². The standard InChI is InChI=1S/C21H25FN6O/c1-5-19-17(11-23-13(2)29)21(25-27(19)4)28-7-6-14-8-16(18(22)9-20(14)28)15-10-24-26(3)12-15/h8-10,12H,5-7,11H2,1-4H3,(H,23,29). The summed E-state index contributed by atoms with van der Waals surface area (Å²) in [6, 6.07) is 3.51. The fraction of sp³-hybridized carbons (Fsp3) is 0.381. The van der Waals surface area contributed by atoms with Crippen LogP contribution in [0.3, 0.4) is 0 Å². The molecule has 3 aromatic rings. The Bertz CT molecular complexity index is 1080. The van der Waals surface area contributed by atoms with E-state index in [2.05, 4.69) is 22.2 Å². The number of amides is 1. The zero-order chi connectivity index (χ0) is 20.7. The zero-order valence-corrected chi connectivity index (χ0v) is 17.2. The average molecular weight is 396 g/mol. The normalized spacial score (nSPS) is 13.1. The van der Waals surface area contributed by atoms with Crippen LogP contribution in [0.4, 0.5) is 15.9 Å². The van der Waals surface area contributed by atoms with Crippen LogP contribution in [0.5, 0.6) is 0 Å². The minimum Gasteiger partial charge on any atom is -0.352 e. The fourth-order valence-electron chi connectivity index (χ4n) is 4.05. The number of carbonyl (C=O) groups is 1. The summed E-state index contributed by atoms with van der Waals surface area (Å²) in [5.41, 5.74) is 5.29. The lowest BCUT2D eigenvalue weighted by Crippen LogP contribution is -2.22. The Labute approximate surface area is 169 Å². The summed E-state index contributed by atoms with van der Waals surface area (Å²) in [6.45, 7) is 4.69. The Kier molecular flexibility index (Phi) is 4.86. The van der Waals surface area contributed by atoms with Crippen LogP contribution >= 0.6 is 0 Å². The molecule has 1 aromatic carbocycles. The van der Waals surface area contributed by atoms with Gasteiger partial charge in [0, 0.05) is 68.4 Å². The number of carbonyl (C=O) groups excluding carboxylic acids is 1. The van der Waals surface area contributed by atoms with Gasteiger partial charge < -0.3 is 10.2 Å². The maximum Gasteiger partial charge on any atom is 0.217 e. The molecule has 0 radical (unpaired) electrons. The van der Waals surface area contributed by atoms with Crippen molar-refractivity contribution in [2.45, 2.75) is 33.2 Å². The fourth-order valence-corrected chi connectivity index (χ4v) is 4.05. The number of hydrogen-bond donors (Lipinski definition) is 1. The number of fused-ring (bicyclic) bond motifs is 1. The van der Waals surface area contributed by atoms with Crippen LogP contribution < -0.4 is 10.2 Å². The number of nitrogens with zero attached hydrogens (tertiary/aromatic N) is 5. The third kappa shape index (κ3) is 3.39. The monoisotopic (exact) mass is 396 g/mol. The van der Waals surface area contributed by atoms with Crippen molar-refractivity contribution < 1.29 is 9.18 Å². The van der Waals surface area contributed by atoms with E-state index in [1.54, 1.807) is 16.9 Å². The Morgan fingerprint density at radius 2 is 2.10 bits per heavy atom. The van der Waals surface area contributed by atoms with Gasteiger partial charge in [0.2, 0.25) is 5.91 Å². The van der Waals surface area contributed by atoms with Crippen molar-refractivity contribution in [1.82, 2.24) is 24.9 Å². The van der Waals surface area contributed by atoms with Gasteiger partial charge in [-0.15, -0.1) is 0 Å². The lowest BCUT2D eigenvalue weighted by Gasteiger charge is -2.19. The van der Waals surface area contributed by atoms with E-state index in [0.717, 1.165) is 53.3 Å². The van der Waals surface area contributed by atoms with E-state index in [0.29, 0.717) is 12.1 Å². The third-order valence-corrected chi connectivity index (χ3v) is 5.44. The molecule has 0 aliphatic carbocycles. The van der Waals surface area contributed by atoms with Crippen molar-refractivity contribution in [2.75, 3.05) is 11.4 Å². The Morgan fingerprint density at radius 1 is 1.31 bits per heavy atom.